The molecule has 0 aliphatic heterocycles. The molecule has 1 rings (SSSR count). The lowest BCUT2D eigenvalue weighted by Crippen LogP contribution is -1.93. The highest BCUT2D eigenvalue weighted by molar-refractivity contribution is 4.46. The number of hydrogen-bond acceptors (Lipinski definition) is 3. The lowest BCUT2D eigenvalue weighted by atomic mass is 11.2. The largest absolute Gasteiger partial charge is 0.459 e. The summed E-state index contributed by atoms with van der Waals surface area (Å²) in [6, 6.07) is 0. The van der Waals surface area contributed by atoms with E-state index < -0.39 is 5.76 Å². The predicted octanol–water partition coefficient (Wildman–Crippen LogP) is -0.627. The number of rotatable bonds is 0. The topological polar surface area (TPSA) is 48.0 Å². The third-order valence-corrected chi connectivity index (χ3v) is 0.548. The molecule has 38 valence electrons. The van der Waals surface area contributed by atoms with Gasteiger partial charge in [0.25, 0.3) is 0 Å². The first-order valence-corrected chi connectivity index (χ1v) is 1.78. The minimum Gasteiger partial charge on any atom is -0.319 e. The Labute approximate surface area is 39.4 Å². The van der Waals surface area contributed by atoms with Crippen LogP contribution in [0.15, 0.2) is 15.6 Å². The first-order chi connectivity index (χ1) is 3.29. The van der Waals surface area contributed by atoms with Crippen LogP contribution in [-0.4, -0.2) is 9.72 Å². The van der Waals surface area contributed by atoms with E-state index in [-0.39, 0.29) is 0 Å². The summed E-state index contributed by atoms with van der Waals surface area (Å²) < 4.78 is 5.57. The second-order valence-corrected chi connectivity index (χ2v) is 1.15. The van der Waals surface area contributed by atoms with Gasteiger partial charge in [-0.15, -0.1) is 0 Å². The van der Waals surface area contributed by atoms with Crippen molar-refractivity contribution in [3.05, 3.63) is 16.9 Å². The van der Waals surface area contributed by atoms with Crippen LogP contribution in [0.1, 0.15) is 0 Å². The predicted molar refractivity (Wildman–Crippen MR) is 21.7 cm³/mol. The molecule has 0 spiro atoms. The maximum Gasteiger partial charge on any atom is 0.459 e. The van der Waals surface area contributed by atoms with Gasteiger partial charge in [0.2, 0.25) is 0 Å². The lowest BCUT2D eigenvalue weighted by Gasteiger charge is -1.74. The average molecular weight is 100 g/mol. The maximum atomic E-state index is 9.99. The molecule has 0 fully saturated rings. The van der Waals surface area contributed by atoms with E-state index in [4.69, 9.17) is 0 Å². The molecular formula is C3H4N2O2. The summed E-state index contributed by atoms with van der Waals surface area (Å²) in [5.41, 5.74) is 0. The fourth-order valence-electron chi connectivity index (χ4n) is 0.299. The van der Waals surface area contributed by atoms with Crippen molar-refractivity contribution in [1.29, 1.82) is 0 Å². The van der Waals surface area contributed by atoms with Gasteiger partial charge in [0.05, 0.1) is 0 Å². The Kier molecular flexibility index (Phi) is 0.714. The van der Waals surface area contributed by atoms with Crippen molar-refractivity contribution in [2.45, 2.75) is 0 Å². The molecule has 0 amide bonds. The van der Waals surface area contributed by atoms with Crippen molar-refractivity contribution in [1.82, 2.24) is 9.72 Å². The molecule has 0 aliphatic rings. The molecular weight excluding hydrogens is 96.0 g/mol. The van der Waals surface area contributed by atoms with Crippen molar-refractivity contribution >= 4 is 0 Å². The van der Waals surface area contributed by atoms with Crippen LogP contribution >= 0.6 is 0 Å². The number of nitrogens with zero attached hydrogens (tertiary/aromatic N) is 2. The van der Waals surface area contributed by atoms with Gasteiger partial charge in [0.1, 0.15) is 6.33 Å². The molecule has 0 N–H and O–H groups in total. The van der Waals surface area contributed by atoms with E-state index in [1.165, 1.54) is 11.1 Å². The molecule has 0 radical (unpaired) electrons. The fraction of sp³-hybridized carbons (Fsp3) is 0.333. The van der Waals surface area contributed by atoms with Gasteiger partial charge in [-0.3, -0.25) is 0 Å². The number of hydrogen-bond donors (Lipinski definition) is 0. The van der Waals surface area contributed by atoms with Gasteiger partial charge < -0.3 is 4.52 Å². The van der Waals surface area contributed by atoms with Crippen LogP contribution in [0.3, 0.4) is 0 Å². The highest BCUT2D eigenvalue weighted by atomic mass is 16.5. The van der Waals surface area contributed by atoms with Crippen LogP contribution in [0, 0.1) is 0 Å². The molecule has 0 bridgehead atoms. The quantitative estimate of drug-likeness (QED) is 0.436. The van der Waals surface area contributed by atoms with Crippen LogP contribution in [0.5, 0.6) is 0 Å². The fourth-order valence-corrected chi connectivity index (χ4v) is 0.299. The number of aryl methyl sites for hydroxylation is 1. The Morgan fingerprint density at radius 3 is 2.86 bits per heavy atom. The highest BCUT2D eigenvalue weighted by Crippen LogP contribution is 1.65. The smallest absolute Gasteiger partial charge is 0.319 e. The van der Waals surface area contributed by atoms with Gasteiger partial charge in [-0.05, 0) is 0 Å². The van der Waals surface area contributed by atoms with E-state index in [2.05, 4.69) is 9.51 Å². The monoisotopic (exact) mass is 100 g/mol. The van der Waals surface area contributed by atoms with Crippen molar-refractivity contribution in [3.63, 3.8) is 0 Å². The molecule has 1 aromatic rings. The van der Waals surface area contributed by atoms with Gasteiger partial charge in [0.15, 0.2) is 0 Å². The van der Waals surface area contributed by atoms with Gasteiger partial charge in [0, 0.05) is 7.05 Å². The maximum absolute atomic E-state index is 9.99. The summed E-state index contributed by atoms with van der Waals surface area (Å²) >= 11 is 0. The molecule has 0 saturated carbocycles. The minimum atomic E-state index is -0.553. The van der Waals surface area contributed by atoms with Crippen LogP contribution in [-0.2, 0) is 7.05 Å². The Balaban J connectivity index is 3.30. The minimum absolute atomic E-state index is 0.553. The van der Waals surface area contributed by atoms with Gasteiger partial charge in [-0.2, -0.15) is 9.72 Å². The van der Waals surface area contributed by atoms with Crippen molar-refractivity contribution in [2.75, 3.05) is 0 Å². The number of aromatic nitrogens is 2. The van der Waals surface area contributed by atoms with Crippen molar-refractivity contribution in [2.24, 2.45) is 7.05 Å². The summed E-state index contributed by atoms with van der Waals surface area (Å²) in [5.74, 6) is -0.553. The van der Waals surface area contributed by atoms with Crippen LogP contribution in [0.25, 0.3) is 0 Å². The Morgan fingerprint density at radius 1 is 2.00 bits per heavy atom. The third kappa shape index (κ3) is 0.677. The zero-order valence-electron chi connectivity index (χ0n) is 3.79. The van der Waals surface area contributed by atoms with Gasteiger partial charge in [-0.1, -0.05) is 0 Å². The van der Waals surface area contributed by atoms with E-state index in [0.717, 1.165) is 0 Å². The standard InChI is InChI=1S/C3H4N2O2/c1-5-2-4-3(6)7-5/h2H,1H3. The van der Waals surface area contributed by atoms with E-state index in [0.29, 0.717) is 0 Å². The van der Waals surface area contributed by atoms with Crippen molar-refractivity contribution in [3.8, 4) is 0 Å². The molecule has 0 saturated heterocycles. The molecule has 1 heterocycles. The van der Waals surface area contributed by atoms with E-state index in [9.17, 15) is 4.79 Å². The summed E-state index contributed by atoms with van der Waals surface area (Å²) in [7, 11) is 1.59. The molecule has 0 atom stereocenters. The zero-order chi connectivity index (χ0) is 5.28. The molecule has 0 aromatic carbocycles. The van der Waals surface area contributed by atoms with Gasteiger partial charge >= 0.3 is 5.76 Å². The summed E-state index contributed by atoms with van der Waals surface area (Å²) in [5, 5.41) is 0. The second kappa shape index (κ2) is 1.22. The Bertz CT molecular complexity index is 199. The molecule has 4 nitrogen and oxygen atoms in total. The zero-order valence-corrected chi connectivity index (χ0v) is 3.79. The third-order valence-electron chi connectivity index (χ3n) is 0.548. The SMILES string of the molecule is Cn1cnc(=O)o1. The Morgan fingerprint density at radius 2 is 2.71 bits per heavy atom. The van der Waals surface area contributed by atoms with Crippen LogP contribution in [0.2, 0.25) is 0 Å². The Hall–Kier alpha value is -1.06. The van der Waals surface area contributed by atoms with E-state index in [1.54, 1.807) is 7.05 Å². The van der Waals surface area contributed by atoms with Crippen molar-refractivity contribution < 1.29 is 4.52 Å². The highest BCUT2D eigenvalue weighted by Gasteiger charge is 1.83. The molecule has 4 heteroatoms. The van der Waals surface area contributed by atoms with E-state index >= 15 is 0 Å². The molecule has 7 heavy (non-hydrogen) atoms. The molecule has 0 unspecified atom stereocenters. The van der Waals surface area contributed by atoms with Crippen LogP contribution in [0.4, 0.5) is 0 Å². The first-order valence-electron chi connectivity index (χ1n) is 1.78. The normalized spacial score (nSPS) is 9.29. The molecule has 1 aromatic heterocycles. The summed E-state index contributed by atoms with van der Waals surface area (Å²) in [4.78, 5) is 13.2. The summed E-state index contributed by atoms with van der Waals surface area (Å²) in [6.07, 6.45) is 1.31. The van der Waals surface area contributed by atoms with Gasteiger partial charge in [-0.25, -0.2) is 4.79 Å². The van der Waals surface area contributed by atoms with Crippen LogP contribution < -0.4 is 5.76 Å². The second-order valence-electron chi connectivity index (χ2n) is 1.15. The average Bonchev–Trinajstić information content (AvgIpc) is 1.87. The lowest BCUT2D eigenvalue weighted by molar-refractivity contribution is 0.283. The van der Waals surface area contributed by atoms with E-state index in [1.807, 2.05) is 0 Å². The summed E-state index contributed by atoms with van der Waals surface area (Å²) in [6.45, 7) is 0. The molecule has 0 aliphatic carbocycles. The first kappa shape index (κ1) is 4.11.